The SMILES string of the molecule is Cc1ccc(S)cc1C(=O)Nc1c(Br)cccc1Br. The minimum absolute atomic E-state index is 0.152. The van der Waals surface area contributed by atoms with Gasteiger partial charge < -0.3 is 5.32 Å². The summed E-state index contributed by atoms with van der Waals surface area (Å²) < 4.78 is 1.66. The van der Waals surface area contributed by atoms with E-state index in [1.54, 1.807) is 6.07 Å². The van der Waals surface area contributed by atoms with E-state index in [0.29, 0.717) is 5.56 Å². The molecule has 1 amide bonds. The highest BCUT2D eigenvalue weighted by Crippen LogP contribution is 2.31. The van der Waals surface area contributed by atoms with Gasteiger partial charge in [0, 0.05) is 19.4 Å². The van der Waals surface area contributed by atoms with E-state index < -0.39 is 0 Å². The molecule has 0 aliphatic carbocycles. The fourth-order valence-electron chi connectivity index (χ4n) is 1.65. The summed E-state index contributed by atoms with van der Waals surface area (Å²) in [5.74, 6) is -0.152. The maximum Gasteiger partial charge on any atom is 0.256 e. The molecule has 19 heavy (non-hydrogen) atoms. The Labute approximate surface area is 134 Å². The van der Waals surface area contributed by atoms with Crippen molar-refractivity contribution in [3.05, 3.63) is 56.5 Å². The highest BCUT2D eigenvalue weighted by molar-refractivity contribution is 9.11. The van der Waals surface area contributed by atoms with Gasteiger partial charge in [0.05, 0.1) is 5.69 Å². The van der Waals surface area contributed by atoms with Crippen LogP contribution in [0.2, 0.25) is 0 Å². The molecular formula is C14H11Br2NOS. The smallest absolute Gasteiger partial charge is 0.256 e. The van der Waals surface area contributed by atoms with E-state index in [4.69, 9.17) is 0 Å². The molecule has 98 valence electrons. The molecule has 2 aromatic carbocycles. The van der Waals surface area contributed by atoms with Crippen molar-refractivity contribution in [2.75, 3.05) is 5.32 Å². The number of carbonyl (C=O) groups excluding carboxylic acids is 1. The van der Waals surface area contributed by atoms with Gasteiger partial charge in [-0.15, -0.1) is 12.6 Å². The summed E-state index contributed by atoms with van der Waals surface area (Å²) in [6.45, 7) is 1.90. The molecule has 0 saturated carbocycles. The zero-order chi connectivity index (χ0) is 14.0. The summed E-state index contributed by atoms with van der Waals surface area (Å²) in [7, 11) is 0. The Bertz CT molecular complexity index is 623. The minimum Gasteiger partial charge on any atom is -0.320 e. The van der Waals surface area contributed by atoms with E-state index in [-0.39, 0.29) is 5.91 Å². The largest absolute Gasteiger partial charge is 0.320 e. The maximum absolute atomic E-state index is 12.3. The van der Waals surface area contributed by atoms with Crippen LogP contribution < -0.4 is 5.32 Å². The van der Waals surface area contributed by atoms with E-state index >= 15 is 0 Å². The van der Waals surface area contributed by atoms with Gasteiger partial charge >= 0.3 is 0 Å². The van der Waals surface area contributed by atoms with Gasteiger partial charge in [0.2, 0.25) is 0 Å². The summed E-state index contributed by atoms with van der Waals surface area (Å²) in [6, 6.07) is 11.2. The Morgan fingerprint density at radius 2 is 1.79 bits per heavy atom. The number of carbonyl (C=O) groups is 1. The lowest BCUT2D eigenvalue weighted by Gasteiger charge is -2.11. The number of hydrogen-bond donors (Lipinski definition) is 2. The Morgan fingerprint density at radius 1 is 1.16 bits per heavy atom. The number of thiol groups is 1. The van der Waals surface area contributed by atoms with Gasteiger partial charge in [0.25, 0.3) is 5.91 Å². The first-order chi connectivity index (χ1) is 8.99. The van der Waals surface area contributed by atoms with Crippen molar-refractivity contribution in [1.29, 1.82) is 0 Å². The molecule has 0 fully saturated rings. The van der Waals surface area contributed by atoms with Crippen LogP contribution in [0.25, 0.3) is 0 Å². The normalized spacial score (nSPS) is 10.3. The summed E-state index contributed by atoms with van der Waals surface area (Å²) in [5, 5.41) is 2.90. The average Bonchev–Trinajstić information content (AvgIpc) is 2.37. The number of halogens is 2. The number of anilines is 1. The lowest BCUT2D eigenvalue weighted by Crippen LogP contribution is -2.14. The Balaban J connectivity index is 2.34. The number of aryl methyl sites for hydroxylation is 1. The molecule has 0 atom stereocenters. The van der Waals surface area contributed by atoms with Crippen molar-refractivity contribution in [2.24, 2.45) is 0 Å². The molecular weight excluding hydrogens is 390 g/mol. The predicted octanol–water partition coefficient (Wildman–Crippen LogP) is 5.06. The first-order valence-electron chi connectivity index (χ1n) is 5.54. The van der Waals surface area contributed by atoms with E-state index in [2.05, 4.69) is 49.8 Å². The number of para-hydroxylation sites is 1. The molecule has 0 bridgehead atoms. The van der Waals surface area contributed by atoms with E-state index in [1.165, 1.54) is 0 Å². The molecule has 0 aliphatic heterocycles. The standard InChI is InChI=1S/C14H11Br2NOS/c1-8-5-6-9(19)7-10(8)14(18)17-13-11(15)3-2-4-12(13)16/h2-7,19H,1H3,(H,17,18). The van der Waals surface area contributed by atoms with Gasteiger partial charge in [-0.3, -0.25) is 4.79 Å². The first-order valence-corrected chi connectivity index (χ1v) is 7.57. The molecule has 2 rings (SSSR count). The number of rotatable bonds is 2. The van der Waals surface area contributed by atoms with Gasteiger partial charge in [-0.1, -0.05) is 12.1 Å². The average molecular weight is 401 g/mol. The second kappa shape index (κ2) is 6.11. The molecule has 0 radical (unpaired) electrons. The van der Waals surface area contributed by atoms with Crippen molar-refractivity contribution in [2.45, 2.75) is 11.8 Å². The first kappa shape index (κ1) is 14.6. The monoisotopic (exact) mass is 399 g/mol. The second-order valence-corrected chi connectivity index (χ2v) is 6.28. The van der Waals surface area contributed by atoms with Crippen LogP contribution >= 0.6 is 44.5 Å². The molecule has 1 N–H and O–H groups in total. The molecule has 0 spiro atoms. The summed E-state index contributed by atoms with van der Waals surface area (Å²) >= 11 is 11.1. The highest BCUT2D eigenvalue weighted by Gasteiger charge is 2.13. The molecule has 2 nitrogen and oxygen atoms in total. The highest BCUT2D eigenvalue weighted by atomic mass is 79.9. The fraction of sp³-hybridized carbons (Fsp3) is 0.0714. The zero-order valence-electron chi connectivity index (χ0n) is 10.1. The van der Waals surface area contributed by atoms with Crippen LogP contribution in [0.1, 0.15) is 15.9 Å². The number of nitrogens with one attached hydrogen (secondary N) is 1. The Kier molecular flexibility index (Phi) is 4.71. The number of benzene rings is 2. The third-order valence-corrected chi connectivity index (χ3v) is 4.27. The predicted molar refractivity (Wildman–Crippen MR) is 88.2 cm³/mol. The maximum atomic E-state index is 12.3. The molecule has 0 saturated heterocycles. The van der Waals surface area contributed by atoms with Gasteiger partial charge in [-0.25, -0.2) is 0 Å². The van der Waals surface area contributed by atoms with Crippen molar-refractivity contribution >= 4 is 56.1 Å². The van der Waals surface area contributed by atoms with Crippen LogP contribution in [0.3, 0.4) is 0 Å². The van der Waals surface area contributed by atoms with Crippen LogP contribution in [0.5, 0.6) is 0 Å². The van der Waals surface area contributed by atoms with Crippen molar-refractivity contribution in [3.8, 4) is 0 Å². The second-order valence-electron chi connectivity index (χ2n) is 4.05. The summed E-state index contributed by atoms with van der Waals surface area (Å²) in [4.78, 5) is 13.1. The van der Waals surface area contributed by atoms with Gasteiger partial charge in [0.1, 0.15) is 0 Å². The topological polar surface area (TPSA) is 29.1 Å². The van der Waals surface area contributed by atoms with Crippen LogP contribution in [0.15, 0.2) is 50.2 Å². The van der Waals surface area contributed by atoms with Gasteiger partial charge in [0.15, 0.2) is 0 Å². The molecule has 2 aromatic rings. The van der Waals surface area contributed by atoms with Crippen molar-refractivity contribution < 1.29 is 4.79 Å². The summed E-state index contributed by atoms with van der Waals surface area (Å²) in [5.41, 5.74) is 2.25. The molecule has 5 heteroatoms. The molecule has 0 aromatic heterocycles. The third-order valence-electron chi connectivity index (χ3n) is 2.67. The number of hydrogen-bond acceptors (Lipinski definition) is 2. The lowest BCUT2D eigenvalue weighted by molar-refractivity contribution is 0.102. The van der Waals surface area contributed by atoms with Gasteiger partial charge in [-0.2, -0.15) is 0 Å². The summed E-state index contributed by atoms with van der Waals surface area (Å²) in [6.07, 6.45) is 0. The molecule has 0 heterocycles. The molecule has 0 unspecified atom stereocenters. The van der Waals surface area contributed by atoms with Gasteiger partial charge in [-0.05, 0) is 68.6 Å². The van der Waals surface area contributed by atoms with E-state index in [1.807, 2.05) is 37.3 Å². The fourth-order valence-corrected chi connectivity index (χ4v) is 3.05. The van der Waals surface area contributed by atoms with Crippen LogP contribution in [-0.4, -0.2) is 5.91 Å². The quantitative estimate of drug-likeness (QED) is 0.677. The number of amides is 1. The molecule has 0 aliphatic rings. The van der Waals surface area contributed by atoms with Crippen LogP contribution in [-0.2, 0) is 0 Å². The van der Waals surface area contributed by atoms with E-state index in [0.717, 1.165) is 25.1 Å². The van der Waals surface area contributed by atoms with Crippen LogP contribution in [0, 0.1) is 6.92 Å². The lowest BCUT2D eigenvalue weighted by atomic mass is 10.1. The van der Waals surface area contributed by atoms with Crippen LogP contribution in [0.4, 0.5) is 5.69 Å². The van der Waals surface area contributed by atoms with Crippen molar-refractivity contribution in [3.63, 3.8) is 0 Å². The minimum atomic E-state index is -0.152. The zero-order valence-corrected chi connectivity index (χ0v) is 14.1. The van der Waals surface area contributed by atoms with Crippen molar-refractivity contribution in [1.82, 2.24) is 0 Å². The Hall–Kier alpha value is -0.780. The third kappa shape index (κ3) is 3.41. The Morgan fingerprint density at radius 3 is 2.42 bits per heavy atom. The van der Waals surface area contributed by atoms with E-state index in [9.17, 15) is 4.79 Å².